The van der Waals surface area contributed by atoms with Gasteiger partial charge in [-0.05, 0) is 25.1 Å². The van der Waals surface area contributed by atoms with Crippen LogP contribution in [-0.4, -0.2) is 37.6 Å². The van der Waals surface area contributed by atoms with Crippen LogP contribution in [0.3, 0.4) is 0 Å². The standard InChI is InChI=1S/C26H22N6OS/c1-18-11-13-19(14-12-18)25-30-31-26(32(25)21-7-3-2-4-8-21)34-17-24(33)29-28-16-20-15-27-23-10-6-5-9-22(20)23/h2-16,27H,17H2,1H3,(H,29,33). The lowest BCUT2D eigenvalue weighted by Crippen LogP contribution is -2.20. The molecule has 2 heterocycles. The molecule has 0 bridgehead atoms. The van der Waals surface area contributed by atoms with Gasteiger partial charge in [0.2, 0.25) is 0 Å². The number of aromatic amines is 1. The first-order valence-corrected chi connectivity index (χ1v) is 11.8. The summed E-state index contributed by atoms with van der Waals surface area (Å²) in [6.45, 7) is 2.05. The molecule has 0 saturated carbocycles. The van der Waals surface area contributed by atoms with Gasteiger partial charge in [-0.25, -0.2) is 5.43 Å². The molecule has 1 amide bonds. The van der Waals surface area contributed by atoms with Crippen LogP contribution in [0.15, 0.2) is 95.3 Å². The highest BCUT2D eigenvalue weighted by atomic mass is 32.2. The zero-order valence-corrected chi connectivity index (χ0v) is 19.3. The third kappa shape index (κ3) is 4.62. The Kier molecular flexibility index (Phi) is 6.22. The highest BCUT2D eigenvalue weighted by Gasteiger charge is 2.17. The molecule has 5 rings (SSSR count). The number of fused-ring (bicyclic) bond motifs is 1. The maximum Gasteiger partial charge on any atom is 0.250 e. The van der Waals surface area contributed by atoms with Crippen molar-refractivity contribution in [3.8, 4) is 17.1 Å². The Bertz CT molecular complexity index is 1450. The van der Waals surface area contributed by atoms with Crippen LogP contribution in [0.4, 0.5) is 0 Å². The normalized spacial score (nSPS) is 11.3. The van der Waals surface area contributed by atoms with E-state index in [0.717, 1.165) is 33.5 Å². The highest BCUT2D eigenvalue weighted by molar-refractivity contribution is 7.99. The number of carbonyl (C=O) groups excluding carboxylic acids is 1. The van der Waals surface area contributed by atoms with Crippen molar-refractivity contribution in [1.29, 1.82) is 0 Å². The first kappa shape index (κ1) is 21.7. The van der Waals surface area contributed by atoms with Gasteiger partial charge in [0.25, 0.3) is 5.91 Å². The fraction of sp³-hybridized carbons (Fsp3) is 0.0769. The van der Waals surface area contributed by atoms with Gasteiger partial charge in [-0.1, -0.05) is 78.0 Å². The molecule has 0 unspecified atom stereocenters. The average Bonchev–Trinajstić information content (AvgIpc) is 3.48. The number of H-pyrrole nitrogens is 1. The second-order valence-electron chi connectivity index (χ2n) is 7.71. The SMILES string of the molecule is Cc1ccc(-c2nnc(SCC(=O)NN=Cc3c[nH]c4ccccc34)n2-c2ccccc2)cc1. The number of carbonyl (C=O) groups is 1. The predicted molar refractivity (Wildman–Crippen MR) is 136 cm³/mol. The topological polar surface area (TPSA) is 88.0 Å². The number of nitrogens with one attached hydrogen (secondary N) is 2. The molecule has 3 aromatic carbocycles. The van der Waals surface area contributed by atoms with E-state index in [1.54, 1.807) is 6.21 Å². The molecule has 0 radical (unpaired) electrons. The van der Waals surface area contributed by atoms with Crippen molar-refractivity contribution in [2.45, 2.75) is 12.1 Å². The van der Waals surface area contributed by atoms with Crippen molar-refractivity contribution in [2.75, 3.05) is 5.75 Å². The summed E-state index contributed by atoms with van der Waals surface area (Å²) < 4.78 is 1.97. The van der Waals surface area contributed by atoms with E-state index in [4.69, 9.17) is 0 Å². The second kappa shape index (κ2) is 9.76. The maximum atomic E-state index is 12.5. The Morgan fingerprint density at radius 1 is 1.03 bits per heavy atom. The quantitative estimate of drug-likeness (QED) is 0.201. The van der Waals surface area contributed by atoms with Gasteiger partial charge in [0.05, 0.1) is 12.0 Å². The van der Waals surface area contributed by atoms with E-state index in [-0.39, 0.29) is 11.7 Å². The van der Waals surface area contributed by atoms with E-state index < -0.39 is 0 Å². The molecule has 34 heavy (non-hydrogen) atoms. The van der Waals surface area contributed by atoms with Gasteiger partial charge in [-0.3, -0.25) is 9.36 Å². The van der Waals surface area contributed by atoms with Crippen LogP contribution in [0, 0.1) is 6.92 Å². The fourth-order valence-corrected chi connectivity index (χ4v) is 4.34. The van der Waals surface area contributed by atoms with Gasteiger partial charge < -0.3 is 4.98 Å². The van der Waals surface area contributed by atoms with Gasteiger partial charge in [-0.15, -0.1) is 10.2 Å². The summed E-state index contributed by atoms with van der Waals surface area (Å²) in [6, 6.07) is 26.0. The maximum absolute atomic E-state index is 12.5. The molecule has 0 aliphatic heterocycles. The summed E-state index contributed by atoms with van der Waals surface area (Å²) in [5.41, 5.74) is 7.60. The van der Waals surface area contributed by atoms with Gasteiger partial charge in [0.1, 0.15) is 0 Å². The summed E-state index contributed by atoms with van der Waals surface area (Å²) in [6.07, 6.45) is 3.51. The molecular formula is C26H22N6OS. The highest BCUT2D eigenvalue weighted by Crippen LogP contribution is 2.28. The van der Waals surface area contributed by atoms with Gasteiger partial charge in [-0.2, -0.15) is 5.10 Å². The number of nitrogens with zero attached hydrogens (tertiary/aromatic N) is 4. The Morgan fingerprint density at radius 3 is 2.62 bits per heavy atom. The number of amides is 1. The Balaban J connectivity index is 1.31. The van der Waals surface area contributed by atoms with Gasteiger partial charge in [0, 0.05) is 33.9 Å². The number of thioether (sulfide) groups is 1. The van der Waals surface area contributed by atoms with E-state index in [9.17, 15) is 4.79 Å². The molecule has 168 valence electrons. The van der Waals surface area contributed by atoms with Gasteiger partial charge in [0.15, 0.2) is 11.0 Å². The van der Waals surface area contributed by atoms with Crippen LogP contribution in [0.1, 0.15) is 11.1 Å². The number of hydrazone groups is 1. The Labute approximate surface area is 200 Å². The summed E-state index contributed by atoms with van der Waals surface area (Å²) in [5, 5.41) is 14.6. The zero-order chi connectivity index (χ0) is 23.3. The minimum atomic E-state index is -0.222. The minimum Gasteiger partial charge on any atom is -0.361 e. The fourth-order valence-electron chi connectivity index (χ4n) is 3.60. The molecule has 0 aliphatic carbocycles. The molecule has 2 aromatic heterocycles. The van der Waals surface area contributed by atoms with Gasteiger partial charge >= 0.3 is 0 Å². The van der Waals surface area contributed by atoms with Crippen molar-refractivity contribution < 1.29 is 4.79 Å². The Hall–Kier alpha value is -4.17. The molecule has 7 nitrogen and oxygen atoms in total. The van der Waals surface area contributed by atoms with E-state index in [0.29, 0.717) is 5.16 Å². The molecule has 5 aromatic rings. The van der Waals surface area contributed by atoms with E-state index in [1.807, 2.05) is 96.6 Å². The number of rotatable bonds is 7. The first-order chi connectivity index (χ1) is 16.7. The lowest BCUT2D eigenvalue weighted by atomic mass is 10.1. The number of hydrogen-bond donors (Lipinski definition) is 2. The molecule has 8 heteroatoms. The van der Waals surface area contributed by atoms with Crippen molar-refractivity contribution in [2.24, 2.45) is 5.10 Å². The molecule has 0 aliphatic rings. The summed E-state index contributed by atoms with van der Waals surface area (Å²) in [5.74, 6) is 0.663. The number of benzene rings is 3. The first-order valence-electron chi connectivity index (χ1n) is 10.8. The third-order valence-corrected chi connectivity index (χ3v) is 6.23. The molecule has 0 atom stereocenters. The average molecular weight is 467 g/mol. The Morgan fingerprint density at radius 2 is 1.79 bits per heavy atom. The number of hydrogen-bond acceptors (Lipinski definition) is 5. The van der Waals surface area contributed by atoms with Crippen LogP contribution in [0.2, 0.25) is 0 Å². The summed E-state index contributed by atoms with van der Waals surface area (Å²) in [7, 11) is 0. The molecular weight excluding hydrogens is 444 g/mol. The smallest absolute Gasteiger partial charge is 0.250 e. The summed E-state index contributed by atoms with van der Waals surface area (Å²) in [4.78, 5) is 15.6. The largest absolute Gasteiger partial charge is 0.361 e. The van der Waals surface area contributed by atoms with Crippen LogP contribution in [0.25, 0.3) is 28.0 Å². The van der Waals surface area contributed by atoms with E-state index >= 15 is 0 Å². The van der Waals surface area contributed by atoms with Crippen molar-refractivity contribution in [3.05, 3.63) is 96.2 Å². The van der Waals surface area contributed by atoms with E-state index in [1.165, 1.54) is 17.3 Å². The monoisotopic (exact) mass is 466 g/mol. The lowest BCUT2D eigenvalue weighted by Gasteiger charge is -2.10. The number of aromatic nitrogens is 4. The molecule has 0 spiro atoms. The second-order valence-corrected chi connectivity index (χ2v) is 8.66. The van der Waals surface area contributed by atoms with Crippen LogP contribution >= 0.6 is 11.8 Å². The molecule has 2 N–H and O–H groups in total. The lowest BCUT2D eigenvalue weighted by molar-refractivity contribution is -0.118. The predicted octanol–water partition coefficient (Wildman–Crippen LogP) is 4.97. The van der Waals surface area contributed by atoms with E-state index in [2.05, 4.69) is 25.7 Å². The minimum absolute atomic E-state index is 0.157. The number of aryl methyl sites for hydroxylation is 1. The van der Waals surface area contributed by atoms with Crippen molar-refractivity contribution in [1.82, 2.24) is 25.2 Å². The number of para-hydroxylation sites is 2. The van der Waals surface area contributed by atoms with Crippen molar-refractivity contribution in [3.63, 3.8) is 0 Å². The summed E-state index contributed by atoms with van der Waals surface area (Å²) >= 11 is 1.32. The molecule has 0 fully saturated rings. The van der Waals surface area contributed by atoms with Crippen LogP contribution < -0.4 is 5.43 Å². The van der Waals surface area contributed by atoms with Crippen LogP contribution in [0.5, 0.6) is 0 Å². The van der Waals surface area contributed by atoms with Crippen molar-refractivity contribution >= 4 is 34.8 Å². The zero-order valence-electron chi connectivity index (χ0n) is 18.5. The van der Waals surface area contributed by atoms with Crippen LogP contribution in [-0.2, 0) is 4.79 Å². The third-order valence-electron chi connectivity index (χ3n) is 5.30. The molecule has 0 saturated heterocycles.